The number of hydrogen-bond donors (Lipinski definition) is 2. The van der Waals surface area contributed by atoms with Crippen LogP contribution < -0.4 is 19.7 Å². The minimum absolute atomic E-state index is 0.00247. The minimum atomic E-state index is -3.89. The summed E-state index contributed by atoms with van der Waals surface area (Å²) in [6.07, 6.45) is 1.55. The number of hydrogen-bond acceptors (Lipinski definition) is 7. The van der Waals surface area contributed by atoms with Crippen molar-refractivity contribution in [2.45, 2.75) is 18.2 Å². The largest absolute Gasteiger partial charge is 0.497 e. The summed E-state index contributed by atoms with van der Waals surface area (Å²) >= 11 is 0. The van der Waals surface area contributed by atoms with E-state index in [9.17, 15) is 18.0 Å². The summed E-state index contributed by atoms with van der Waals surface area (Å²) in [6.45, 7) is 1.98. The molecule has 176 valence electrons. The van der Waals surface area contributed by atoms with Gasteiger partial charge in [-0.25, -0.2) is 23.1 Å². The Labute approximate surface area is 197 Å². The lowest BCUT2D eigenvalue weighted by Gasteiger charge is -2.17. The van der Waals surface area contributed by atoms with Crippen molar-refractivity contribution in [1.82, 2.24) is 9.97 Å². The maximum Gasteiger partial charge on any atom is 0.264 e. The molecule has 11 heteroatoms. The molecule has 0 unspecified atom stereocenters. The highest BCUT2D eigenvalue weighted by Crippen LogP contribution is 2.28. The molecule has 0 saturated carbocycles. The number of nitrogens with zero attached hydrogens (tertiary/aromatic N) is 3. The van der Waals surface area contributed by atoms with E-state index in [1.807, 2.05) is 0 Å². The number of anilines is 3. The number of rotatable bonds is 7. The quantitative estimate of drug-likeness (QED) is 0.530. The third kappa shape index (κ3) is 5.15. The van der Waals surface area contributed by atoms with Crippen LogP contribution in [0.1, 0.15) is 12.1 Å². The Balaban J connectivity index is 1.39. The highest BCUT2D eigenvalue weighted by molar-refractivity contribution is 7.92. The molecule has 10 nitrogen and oxygen atoms in total. The van der Waals surface area contributed by atoms with Gasteiger partial charge in [-0.2, -0.15) is 0 Å². The van der Waals surface area contributed by atoms with E-state index in [0.717, 1.165) is 0 Å². The van der Waals surface area contributed by atoms with Gasteiger partial charge in [-0.3, -0.25) is 9.59 Å². The summed E-state index contributed by atoms with van der Waals surface area (Å²) in [7, 11) is -2.33. The van der Waals surface area contributed by atoms with Crippen molar-refractivity contribution in [1.29, 1.82) is 0 Å². The number of amides is 2. The van der Waals surface area contributed by atoms with E-state index in [-0.39, 0.29) is 35.6 Å². The zero-order valence-electron chi connectivity index (χ0n) is 18.6. The molecule has 1 saturated heterocycles. The van der Waals surface area contributed by atoms with Crippen molar-refractivity contribution in [3.05, 3.63) is 66.5 Å². The first-order valence-electron chi connectivity index (χ1n) is 10.4. The maximum atomic E-state index is 12.7. The molecular formula is C23H23N5O5S. The van der Waals surface area contributed by atoms with Gasteiger partial charge in [-0.15, -0.1) is 0 Å². The van der Waals surface area contributed by atoms with E-state index in [2.05, 4.69) is 20.0 Å². The molecule has 0 aliphatic carbocycles. The lowest BCUT2D eigenvalue weighted by atomic mass is 10.1. The Morgan fingerprint density at radius 1 is 1.09 bits per heavy atom. The second kappa shape index (κ2) is 9.48. The van der Waals surface area contributed by atoms with Crippen LogP contribution in [0.5, 0.6) is 5.75 Å². The number of carbonyl (C=O) groups is 2. The van der Waals surface area contributed by atoms with Gasteiger partial charge in [0.15, 0.2) is 0 Å². The molecule has 2 amide bonds. The van der Waals surface area contributed by atoms with E-state index in [4.69, 9.17) is 4.74 Å². The lowest BCUT2D eigenvalue weighted by Crippen LogP contribution is -2.28. The summed E-state index contributed by atoms with van der Waals surface area (Å²) in [5, 5.41) is 2.75. The standard InChI is InChI=1S/C23H23N5O5S/c1-15-11-12-24-23(25-15)27-34(31,32)20-9-3-17(4-10-20)26-22(30)16-13-21(29)28(14-16)18-5-7-19(33-2)8-6-18/h3-12,16H,13-14H2,1-2H3,(H,26,30)(H,24,25,27)/t16-/m1/s1. The van der Waals surface area contributed by atoms with Crippen molar-refractivity contribution >= 4 is 39.2 Å². The van der Waals surface area contributed by atoms with Gasteiger partial charge >= 0.3 is 0 Å². The van der Waals surface area contributed by atoms with E-state index in [1.54, 1.807) is 49.3 Å². The number of sulfonamides is 1. The lowest BCUT2D eigenvalue weighted by molar-refractivity contribution is -0.122. The summed E-state index contributed by atoms with van der Waals surface area (Å²) in [4.78, 5) is 34.7. The molecule has 1 aromatic heterocycles. The molecule has 1 aliphatic heterocycles. The number of nitrogens with one attached hydrogen (secondary N) is 2. The Kier molecular flexibility index (Phi) is 6.46. The molecule has 1 aliphatic rings. The summed E-state index contributed by atoms with van der Waals surface area (Å²) in [6, 6.07) is 14.4. The van der Waals surface area contributed by atoms with E-state index in [1.165, 1.54) is 30.5 Å². The van der Waals surface area contributed by atoms with Gasteiger partial charge in [0.05, 0.1) is 17.9 Å². The molecule has 1 atom stereocenters. The molecular weight excluding hydrogens is 458 g/mol. The monoisotopic (exact) mass is 481 g/mol. The first kappa shape index (κ1) is 23.2. The van der Waals surface area contributed by atoms with Crippen LogP contribution in [0.15, 0.2) is 65.7 Å². The predicted octanol–water partition coefficient (Wildman–Crippen LogP) is 2.59. The van der Waals surface area contributed by atoms with Crippen LogP contribution in [-0.2, 0) is 19.6 Å². The van der Waals surface area contributed by atoms with Crippen molar-refractivity contribution in [3.63, 3.8) is 0 Å². The number of benzene rings is 2. The Morgan fingerprint density at radius 3 is 2.44 bits per heavy atom. The van der Waals surface area contributed by atoms with Crippen molar-refractivity contribution in [3.8, 4) is 5.75 Å². The molecule has 2 N–H and O–H groups in total. The smallest absolute Gasteiger partial charge is 0.264 e. The molecule has 1 fully saturated rings. The van der Waals surface area contributed by atoms with Crippen LogP contribution >= 0.6 is 0 Å². The number of aryl methyl sites for hydroxylation is 1. The topological polar surface area (TPSA) is 131 Å². The van der Waals surface area contributed by atoms with Gasteiger partial charge in [0, 0.05) is 36.2 Å². The van der Waals surface area contributed by atoms with Crippen molar-refractivity contribution in [2.75, 3.05) is 28.6 Å². The average molecular weight is 482 g/mol. The summed E-state index contributed by atoms with van der Waals surface area (Å²) in [5.74, 6) is -0.331. The van der Waals surface area contributed by atoms with Gasteiger partial charge in [-0.1, -0.05) is 0 Å². The van der Waals surface area contributed by atoms with Crippen molar-refractivity contribution in [2.24, 2.45) is 5.92 Å². The van der Waals surface area contributed by atoms with Crippen LogP contribution in [0.4, 0.5) is 17.3 Å². The fourth-order valence-corrected chi connectivity index (χ4v) is 4.48. The van der Waals surface area contributed by atoms with Crippen LogP contribution in [0.25, 0.3) is 0 Å². The first-order chi connectivity index (χ1) is 16.2. The number of ether oxygens (including phenoxy) is 1. The Bertz CT molecular complexity index is 1310. The second-order valence-electron chi connectivity index (χ2n) is 7.74. The van der Waals surface area contributed by atoms with E-state index < -0.39 is 15.9 Å². The van der Waals surface area contributed by atoms with Gasteiger partial charge in [0.1, 0.15) is 5.75 Å². The molecule has 3 aromatic rings. The Hall–Kier alpha value is -3.99. The number of aromatic nitrogens is 2. The zero-order valence-corrected chi connectivity index (χ0v) is 19.4. The molecule has 4 rings (SSSR count). The number of methoxy groups -OCH3 is 1. The predicted molar refractivity (Wildman–Crippen MR) is 126 cm³/mol. The molecule has 0 radical (unpaired) electrons. The molecule has 0 spiro atoms. The first-order valence-corrected chi connectivity index (χ1v) is 11.9. The second-order valence-corrected chi connectivity index (χ2v) is 9.43. The van der Waals surface area contributed by atoms with E-state index in [0.29, 0.717) is 22.8 Å². The summed E-state index contributed by atoms with van der Waals surface area (Å²) < 4.78 is 32.6. The fraction of sp³-hybridized carbons (Fsp3) is 0.217. The van der Waals surface area contributed by atoms with Gasteiger partial charge in [0.25, 0.3) is 10.0 Å². The van der Waals surface area contributed by atoms with E-state index >= 15 is 0 Å². The minimum Gasteiger partial charge on any atom is -0.497 e. The SMILES string of the molecule is COc1ccc(N2C[C@H](C(=O)Nc3ccc(S(=O)(=O)Nc4nccc(C)n4)cc3)CC2=O)cc1. The van der Waals surface area contributed by atoms with Crippen LogP contribution in [-0.4, -0.2) is 43.9 Å². The summed E-state index contributed by atoms with van der Waals surface area (Å²) in [5.41, 5.74) is 1.74. The average Bonchev–Trinajstić information content (AvgIpc) is 3.21. The number of carbonyl (C=O) groups excluding carboxylic acids is 2. The van der Waals surface area contributed by atoms with Crippen molar-refractivity contribution < 1.29 is 22.7 Å². The van der Waals surface area contributed by atoms with Gasteiger partial charge < -0.3 is 15.0 Å². The maximum absolute atomic E-state index is 12.7. The molecule has 34 heavy (non-hydrogen) atoms. The fourth-order valence-electron chi connectivity index (χ4n) is 3.53. The zero-order chi connectivity index (χ0) is 24.3. The normalized spacial score (nSPS) is 15.8. The Morgan fingerprint density at radius 2 is 1.79 bits per heavy atom. The van der Waals surface area contributed by atoms with Crippen LogP contribution in [0, 0.1) is 12.8 Å². The molecule has 2 aromatic carbocycles. The third-order valence-electron chi connectivity index (χ3n) is 5.33. The third-order valence-corrected chi connectivity index (χ3v) is 6.68. The van der Waals surface area contributed by atoms with Crippen LogP contribution in [0.2, 0.25) is 0 Å². The molecule has 0 bridgehead atoms. The van der Waals surface area contributed by atoms with Gasteiger partial charge in [-0.05, 0) is 61.5 Å². The molecule has 2 heterocycles. The highest BCUT2D eigenvalue weighted by atomic mass is 32.2. The highest BCUT2D eigenvalue weighted by Gasteiger charge is 2.35. The van der Waals surface area contributed by atoms with Crippen LogP contribution in [0.3, 0.4) is 0 Å². The van der Waals surface area contributed by atoms with Gasteiger partial charge in [0.2, 0.25) is 17.8 Å².